The normalized spacial score (nSPS) is 18.4. The Balaban J connectivity index is 1.98. The maximum Gasteiger partial charge on any atom is 0.0699 e. The molecule has 1 N–H and O–H groups in total. The second-order valence-electron chi connectivity index (χ2n) is 5.07. The first-order valence-corrected chi connectivity index (χ1v) is 7.78. The summed E-state index contributed by atoms with van der Waals surface area (Å²) in [6.45, 7) is 6.65. The van der Waals surface area contributed by atoms with Gasteiger partial charge in [0.2, 0.25) is 0 Å². The maximum atomic E-state index is 3.44. The van der Waals surface area contributed by atoms with E-state index in [2.05, 4.69) is 58.9 Å². The Labute approximate surface area is 119 Å². The minimum absolute atomic E-state index is 0.420. The molecule has 1 atom stereocenters. The lowest BCUT2D eigenvalue weighted by atomic mass is 10.0. The Hall–Kier alpha value is -1.16. The van der Waals surface area contributed by atoms with Crippen LogP contribution in [0.5, 0.6) is 0 Å². The molecule has 3 heteroatoms. The van der Waals surface area contributed by atoms with Crippen molar-refractivity contribution in [3.63, 3.8) is 0 Å². The van der Waals surface area contributed by atoms with Crippen LogP contribution in [-0.2, 0) is 0 Å². The zero-order valence-electron chi connectivity index (χ0n) is 11.3. The SMILES string of the molecule is Cc1ccsc1C(c1ccccc1)N1CCNCC1. The third kappa shape index (κ3) is 2.73. The summed E-state index contributed by atoms with van der Waals surface area (Å²) in [5, 5.41) is 5.65. The lowest BCUT2D eigenvalue weighted by Crippen LogP contribution is -2.45. The van der Waals surface area contributed by atoms with Gasteiger partial charge in [-0.1, -0.05) is 30.3 Å². The van der Waals surface area contributed by atoms with Crippen LogP contribution in [-0.4, -0.2) is 31.1 Å². The summed E-state index contributed by atoms with van der Waals surface area (Å²) in [6.07, 6.45) is 0. The smallest absolute Gasteiger partial charge is 0.0699 e. The van der Waals surface area contributed by atoms with Crippen LogP contribution in [0.1, 0.15) is 22.0 Å². The number of hydrogen-bond acceptors (Lipinski definition) is 3. The van der Waals surface area contributed by atoms with Gasteiger partial charge in [0, 0.05) is 31.1 Å². The van der Waals surface area contributed by atoms with Gasteiger partial charge in [0.25, 0.3) is 0 Å². The van der Waals surface area contributed by atoms with E-state index < -0.39 is 0 Å². The third-order valence-electron chi connectivity index (χ3n) is 3.78. The molecule has 1 aromatic carbocycles. The number of thiophene rings is 1. The molecule has 1 unspecified atom stereocenters. The number of nitrogens with one attached hydrogen (secondary N) is 1. The van der Waals surface area contributed by atoms with Crippen molar-refractivity contribution in [2.24, 2.45) is 0 Å². The molecule has 0 bridgehead atoms. The molecular formula is C16H20N2S. The Bertz CT molecular complexity index is 515. The Morgan fingerprint density at radius 3 is 2.47 bits per heavy atom. The molecule has 1 fully saturated rings. The van der Waals surface area contributed by atoms with Crippen LogP contribution in [0, 0.1) is 6.92 Å². The molecule has 0 saturated carbocycles. The van der Waals surface area contributed by atoms with Crippen molar-refractivity contribution >= 4 is 11.3 Å². The first-order chi connectivity index (χ1) is 9.36. The van der Waals surface area contributed by atoms with Crippen molar-refractivity contribution in [3.8, 4) is 0 Å². The first kappa shape index (κ1) is 12.9. The van der Waals surface area contributed by atoms with Crippen molar-refractivity contribution in [1.29, 1.82) is 0 Å². The van der Waals surface area contributed by atoms with Crippen LogP contribution in [0.15, 0.2) is 41.8 Å². The van der Waals surface area contributed by atoms with E-state index >= 15 is 0 Å². The summed E-state index contributed by atoms with van der Waals surface area (Å²) >= 11 is 1.88. The number of benzene rings is 1. The van der Waals surface area contributed by atoms with E-state index in [1.54, 1.807) is 0 Å². The number of nitrogens with zero attached hydrogens (tertiary/aromatic N) is 1. The second kappa shape index (κ2) is 5.87. The first-order valence-electron chi connectivity index (χ1n) is 6.90. The third-order valence-corrected chi connectivity index (χ3v) is 4.85. The summed E-state index contributed by atoms with van der Waals surface area (Å²) in [7, 11) is 0. The molecule has 1 aliphatic rings. The fourth-order valence-corrected chi connectivity index (χ4v) is 3.86. The Morgan fingerprint density at radius 1 is 1.11 bits per heavy atom. The van der Waals surface area contributed by atoms with Gasteiger partial charge >= 0.3 is 0 Å². The molecule has 2 heterocycles. The lowest BCUT2D eigenvalue weighted by molar-refractivity contribution is 0.200. The average Bonchev–Trinajstić information content (AvgIpc) is 2.88. The van der Waals surface area contributed by atoms with E-state index in [0.29, 0.717) is 6.04 Å². The number of hydrogen-bond donors (Lipinski definition) is 1. The van der Waals surface area contributed by atoms with Crippen LogP contribution in [0.2, 0.25) is 0 Å². The van der Waals surface area contributed by atoms with Crippen LogP contribution in [0.4, 0.5) is 0 Å². The van der Waals surface area contributed by atoms with Crippen LogP contribution in [0.3, 0.4) is 0 Å². The predicted molar refractivity (Wildman–Crippen MR) is 81.8 cm³/mol. The molecule has 1 saturated heterocycles. The second-order valence-corrected chi connectivity index (χ2v) is 6.01. The molecular weight excluding hydrogens is 252 g/mol. The fraction of sp³-hybridized carbons (Fsp3) is 0.375. The molecule has 0 amide bonds. The van der Waals surface area contributed by atoms with Crippen molar-refractivity contribution < 1.29 is 0 Å². The standard InChI is InChI=1S/C16H20N2S/c1-13-7-12-19-16(13)15(14-5-3-2-4-6-14)18-10-8-17-9-11-18/h2-7,12,15,17H,8-11H2,1H3. The largest absolute Gasteiger partial charge is 0.314 e. The predicted octanol–water partition coefficient (Wildman–Crippen LogP) is 3.05. The Kier molecular flexibility index (Phi) is 3.97. The Morgan fingerprint density at radius 2 is 1.84 bits per heavy atom. The van der Waals surface area contributed by atoms with Gasteiger partial charge in [-0.2, -0.15) is 0 Å². The molecule has 0 aliphatic carbocycles. The quantitative estimate of drug-likeness (QED) is 0.924. The van der Waals surface area contributed by atoms with E-state index in [-0.39, 0.29) is 0 Å². The number of aryl methyl sites for hydroxylation is 1. The highest BCUT2D eigenvalue weighted by atomic mass is 32.1. The summed E-state index contributed by atoms with van der Waals surface area (Å²) in [5.41, 5.74) is 2.83. The number of piperazine rings is 1. The van der Waals surface area contributed by atoms with Gasteiger partial charge in [0.15, 0.2) is 0 Å². The van der Waals surface area contributed by atoms with Gasteiger partial charge in [0.05, 0.1) is 6.04 Å². The van der Waals surface area contributed by atoms with Gasteiger partial charge in [0.1, 0.15) is 0 Å². The van der Waals surface area contributed by atoms with Crippen LogP contribution in [0.25, 0.3) is 0 Å². The molecule has 1 aliphatic heterocycles. The lowest BCUT2D eigenvalue weighted by Gasteiger charge is -2.35. The van der Waals surface area contributed by atoms with Gasteiger partial charge in [-0.25, -0.2) is 0 Å². The number of rotatable bonds is 3. The van der Waals surface area contributed by atoms with E-state index in [4.69, 9.17) is 0 Å². The monoisotopic (exact) mass is 272 g/mol. The average molecular weight is 272 g/mol. The zero-order chi connectivity index (χ0) is 13.1. The summed E-state index contributed by atoms with van der Waals surface area (Å²) in [4.78, 5) is 4.10. The highest BCUT2D eigenvalue weighted by Crippen LogP contribution is 2.34. The van der Waals surface area contributed by atoms with Gasteiger partial charge in [-0.3, -0.25) is 4.90 Å². The van der Waals surface area contributed by atoms with Gasteiger partial charge in [-0.05, 0) is 29.5 Å². The highest BCUT2D eigenvalue weighted by Gasteiger charge is 2.25. The minimum atomic E-state index is 0.420. The fourth-order valence-electron chi connectivity index (χ4n) is 2.77. The summed E-state index contributed by atoms with van der Waals surface area (Å²) < 4.78 is 0. The molecule has 2 aromatic rings. The summed E-state index contributed by atoms with van der Waals surface area (Å²) in [6, 6.07) is 13.6. The minimum Gasteiger partial charge on any atom is -0.314 e. The van der Waals surface area contributed by atoms with E-state index in [0.717, 1.165) is 26.2 Å². The highest BCUT2D eigenvalue weighted by molar-refractivity contribution is 7.10. The van der Waals surface area contributed by atoms with Crippen molar-refractivity contribution in [2.75, 3.05) is 26.2 Å². The van der Waals surface area contributed by atoms with E-state index in [1.165, 1.54) is 16.0 Å². The molecule has 19 heavy (non-hydrogen) atoms. The molecule has 1 aromatic heterocycles. The van der Waals surface area contributed by atoms with Crippen molar-refractivity contribution in [2.45, 2.75) is 13.0 Å². The van der Waals surface area contributed by atoms with Crippen LogP contribution >= 0.6 is 11.3 Å². The molecule has 2 nitrogen and oxygen atoms in total. The molecule has 0 radical (unpaired) electrons. The maximum absolute atomic E-state index is 3.44. The van der Waals surface area contributed by atoms with Gasteiger partial charge in [-0.15, -0.1) is 11.3 Å². The topological polar surface area (TPSA) is 15.3 Å². The summed E-state index contributed by atoms with van der Waals surface area (Å²) in [5.74, 6) is 0. The molecule has 3 rings (SSSR count). The van der Waals surface area contributed by atoms with Crippen molar-refractivity contribution in [3.05, 3.63) is 57.8 Å². The van der Waals surface area contributed by atoms with Gasteiger partial charge < -0.3 is 5.32 Å². The molecule has 0 spiro atoms. The van der Waals surface area contributed by atoms with E-state index in [1.807, 2.05) is 11.3 Å². The zero-order valence-corrected chi connectivity index (χ0v) is 12.1. The van der Waals surface area contributed by atoms with Crippen LogP contribution < -0.4 is 5.32 Å². The van der Waals surface area contributed by atoms with E-state index in [9.17, 15) is 0 Å². The van der Waals surface area contributed by atoms with Crippen molar-refractivity contribution in [1.82, 2.24) is 10.2 Å². The molecule has 100 valence electrons.